The van der Waals surface area contributed by atoms with Crippen molar-refractivity contribution in [1.82, 2.24) is 15.3 Å². The van der Waals surface area contributed by atoms with Gasteiger partial charge in [0.1, 0.15) is 5.82 Å². The first-order valence-electron chi connectivity index (χ1n) is 6.42. The van der Waals surface area contributed by atoms with Gasteiger partial charge in [0.2, 0.25) is 0 Å². The van der Waals surface area contributed by atoms with Crippen molar-refractivity contribution in [2.75, 3.05) is 0 Å². The molecule has 0 radical (unpaired) electrons. The first-order chi connectivity index (χ1) is 9.08. The molecule has 2 aromatic rings. The van der Waals surface area contributed by atoms with E-state index in [0.29, 0.717) is 11.4 Å². The van der Waals surface area contributed by atoms with Crippen molar-refractivity contribution >= 4 is 0 Å². The SMILES string of the molecule is Cc1nc(C)c(C(C)NCc2ccccc2)c(=O)[nH]1. The number of H-pyrrole nitrogens is 1. The molecule has 4 nitrogen and oxygen atoms in total. The molecule has 100 valence electrons. The van der Waals surface area contributed by atoms with Crippen LogP contribution in [0, 0.1) is 13.8 Å². The van der Waals surface area contributed by atoms with Crippen LogP contribution in [0.3, 0.4) is 0 Å². The Balaban J connectivity index is 2.13. The van der Waals surface area contributed by atoms with E-state index in [4.69, 9.17) is 0 Å². The largest absolute Gasteiger partial charge is 0.310 e. The summed E-state index contributed by atoms with van der Waals surface area (Å²) >= 11 is 0. The summed E-state index contributed by atoms with van der Waals surface area (Å²) in [6.07, 6.45) is 0. The van der Waals surface area contributed by atoms with E-state index < -0.39 is 0 Å². The zero-order valence-corrected chi connectivity index (χ0v) is 11.5. The average Bonchev–Trinajstić information content (AvgIpc) is 2.36. The third kappa shape index (κ3) is 3.29. The number of aryl methyl sites for hydroxylation is 2. The lowest BCUT2D eigenvalue weighted by molar-refractivity contribution is 0.562. The molecule has 0 bridgehead atoms. The molecule has 0 aliphatic heterocycles. The number of rotatable bonds is 4. The minimum atomic E-state index is -0.0574. The number of benzene rings is 1. The second-order valence-corrected chi connectivity index (χ2v) is 4.74. The van der Waals surface area contributed by atoms with Crippen LogP contribution in [0.15, 0.2) is 35.1 Å². The van der Waals surface area contributed by atoms with Gasteiger partial charge in [-0.25, -0.2) is 4.98 Å². The highest BCUT2D eigenvalue weighted by atomic mass is 16.1. The van der Waals surface area contributed by atoms with Crippen molar-refractivity contribution in [3.63, 3.8) is 0 Å². The van der Waals surface area contributed by atoms with Crippen LogP contribution in [-0.4, -0.2) is 9.97 Å². The third-order valence-electron chi connectivity index (χ3n) is 3.15. The maximum Gasteiger partial charge on any atom is 0.255 e. The average molecular weight is 257 g/mol. The fourth-order valence-corrected chi connectivity index (χ4v) is 2.21. The fraction of sp³-hybridized carbons (Fsp3) is 0.333. The molecule has 0 aliphatic carbocycles. The molecule has 0 spiro atoms. The Morgan fingerprint density at radius 2 is 1.95 bits per heavy atom. The van der Waals surface area contributed by atoms with Crippen LogP contribution in [0.2, 0.25) is 0 Å². The van der Waals surface area contributed by atoms with Gasteiger partial charge >= 0.3 is 0 Å². The fourth-order valence-electron chi connectivity index (χ4n) is 2.21. The predicted molar refractivity (Wildman–Crippen MR) is 76.0 cm³/mol. The van der Waals surface area contributed by atoms with Crippen LogP contribution >= 0.6 is 0 Å². The number of hydrogen-bond donors (Lipinski definition) is 2. The standard InChI is InChI=1S/C15H19N3O/c1-10(16-9-13-7-5-4-6-8-13)14-11(2)17-12(3)18-15(14)19/h4-8,10,16H,9H2,1-3H3,(H,17,18,19). The Hall–Kier alpha value is -1.94. The van der Waals surface area contributed by atoms with Crippen molar-refractivity contribution in [2.24, 2.45) is 0 Å². The highest BCUT2D eigenvalue weighted by Gasteiger charge is 2.13. The Morgan fingerprint density at radius 3 is 2.58 bits per heavy atom. The number of nitrogens with zero attached hydrogens (tertiary/aromatic N) is 1. The molecule has 2 rings (SSSR count). The minimum absolute atomic E-state index is 0.0305. The van der Waals surface area contributed by atoms with E-state index in [1.165, 1.54) is 5.56 Å². The van der Waals surface area contributed by atoms with Gasteiger partial charge in [-0.1, -0.05) is 30.3 Å². The molecule has 19 heavy (non-hydrogen) atoms. The Kier molecular flexibility index (Phi) is 4.12. The van der Waals surface area contributed by atoms with Crippen LogP contribution in [0.1, 0.15) is 35.6 Å². The Labute approximate surface area is 112 Å². The highest BCUT2D eigenvalue weighted by molar-refractivity contribution is 5.21. The second kappa shape index (κ2) is 5.80. The molecular formula is C15H19N3O. The Bertz CT molecular complexity index is 605. The number of hydrogen-bond acceptors (Lipinski definition) is 3. The zero-order valence-electron chi connectivity index (χ0n) is 11.5. The van der Waals surface area contributed by atoms with Gasteiger partial charge in [0.15, 0.2) is 0 Å². The molecule has 2 N–H and O–H groups in total. The molecule has 4 heteroatoms. The molecule has 0 aliphatic rings. The maximum absolute atomic E-state index is 12.0. The second-order valence-electron chi connectivity index (χ2n) is 4.74. The molecule has 0 saturated heterocycles. The predicted octanol–water partition coefficient (Wildman–Crippen LogP) is 2.24. The van der Waals surface area contributed by atoms with Gasteiger partial charge in [-0.05, 0) is 26.3 Å². The van der Waals surface area contributed by atoms with Crippen molar-refractivity contribution < 1.29 is 0 Å². The summed E-state index contributed by atoms with van der Waals surface area (Å²) in [5.74, 6) is 0.654. The van der Waals surface area contributed by atoms with Crippen LogP contribution in [0.4, 0.5) is 0 Å². The molecule has 1 heterocycles. The van der Waals surface area contributed by atoms with Crippen molar-refractivity contribution in [1.29, 1.82) is 0 Å². The van der Waals surface area contributed by atoms with E-state index in [-0.39, 0.29) is 11.6 Å². The van der Waals surface area contributed by atoms with E-state index in [9.17, 15) is 4.79 Å². The van der Waals surface area contributed by atoms with Crippen LogP contribution in [-0.2, 0) is 6.54 Å². The summed E-state index contributed by atoms with van der Waals surface area (Å²) < 4.78 is 0. The first kappa shape index (κ1) is 13.5. The van der Waals surface area contributed by atoms with Crippen molar-refractivity contribution in [3.8, 4) is 0 Å². The van der Waals surface area contributed by atoms with Crippen LogP contribution in [0.25, 0.3) is 0 Å². The highest BCUT2D eigenvalue weighted by Crippen LogP contribution is 2.11. The van der Waals surface area contributed by atoms with Gasteiger partial charge in [0, 0.05) is 18.3 Å². The lowest BCUT2D eigenvalue weighted by atomic mass is 10.1. The normalized spacial score (nSPS) is 12.4. The summed E-state index contributed by atoms with van der Waals surface area (Å²) in [6.45, 7) is 6.38. The molecule has 0 fully saturated rings. The van der Waals surface area contributed by atoms with Crippen LogP contribution < -0.4 is 10.9 Å². The number of aromatic amines is 1. The summed E-state index contributed by atoms with van der Waals surface area (Å²) in [7, 11) is 0. The molecule has 1 aromatic carbocycles. The molecule has 1 aromatic heterocycles. The first-order valence-corrected chi connectivity index (χ1v) is 6.42. The molecule has 0 saturated carbocycles. The summed E-state index contributed by atoms with van der Waals surface area (Å²) in [4.78, 5) is 19.0. The van der Waals surface area contributed by atoms with Crippen LogP contribution in [0.5, 0.6) is 0 Å². The summed E-state index contributed by atoms with van der Waals surface area (Å²) in [5.41, 5.74) is 2.64. The molecule has 1 atom stereocenters. The van der Waals surface area contributed by atoms with Crippen molar-refractivity contribution in [3.05, 3.63) is 63.3 Å². The van der Waals surface area contributed by atoms with E-state index in [2.05, 4.69) is 27.4 Å². The van der Waals surface area contributed by atoms with Gasteiger partial charge in [0.25, 0.3) is 5.56 Å². The topological polar surface area (TPSA) is 57.8 Å². The van der Waals surface area contributed by atoms with E-state index in [1.807, 2.05) is 32.0 Å². The molecule has 1 unspecified atom stereocenters. The number of aromatic nitrogens is 2. The van der Waals surface area contributed by atoms with Gasteiger partial charge in [-0.3, -0.25) is 4.79 Å². The monoisotopic (exact) mass is 257 g/mol. The minimum Gasteiger partial charge on any atom is -0.310 e. The quantitative estimate of drug-likeness (QED) is 0.883. The van der Waals surface area contributed by atoms with Gasteiger partial charge < -0.3 is 10.3 Å². The zero-order chi connectivity index (χ0) is 13.8. The molecular weight excluding hydrogens is 238 g/mol. The van der Waals surface area contributed by atoms with Crippen molar-refractivity contribution in [2.45, 2.75) is 33.4 Å². The smallest absolute Gasteiger partial charge is 0.255 e. The lowest BCUT2D eigenvalue weighted by Crippen LogP contribution is -2.27. The Morgan fingerprint density at radius 1 is 1.26 bits per heavy atom. The maximum atomic E-state index is 12.0. The van der Waals surface area contributed by atoms with Gasteiger partial charge in [-0.15, -0.1) is 0 Å². The summed E-state index contributed by atoms with van der Waals surface area (Å²) in [5, 5.41) is 3.36. The van der Waals surface area contributed by atoms with E-state index in [0.717, 1.165) is 12.2 Å². The lowest BCUT2D eigenvalue weighted by Gasteiger charge is -2.15. The third-order valence-corrected chi connectivity index (χ3v) is 3.15. The van der Waals surface area contributed by atoms with E-state index >= 15 is 0 Å². The van der Waals surface area contributed by atoms with Gasteiger partial charge in [0.05, 0.1) is 5.56 Å². The van der Waals surface area contributed by atoms with E-state index in [1.54, 1.807) is 6.92 Å². The molecule has 0 amide bonds. The van der Waals surface area contributed by atoms with Gasteiger partial charge in [-0.2, -0.15) is 0 Å². The summed E-state index contributed by atoms with van der Waals surface area (Å²) in [6, 6.07) is 10.1. The number of nitrogens with one attached hydrogen (secondary N) is 2.